The summed E-state index contributed by atoms with van der Waals surface area (Å²) in [5.74, 6) is 1.92. The molecule has 0 radical (unpaired) electrons. The van der Waals surface area contributed by atoms with Crippen LogP contribution < -0.4 is 15.4 Å². The lowest BCUT2D eigenvalue weighted by Crippen LogP contribution is -2.28. The Morgan fingerprint density at radius 1 is 1.48 bits per heavy atom. The largest absolute Gasteiger partial charge is 0.493 e. The van der Waals surface area contributed by atoms with Gasteiger partial charge in [-0.15, -0.1) is 5.10 Å². The van der Waals surface area contributed by atoms with E-state index in [0.717, 1.165) is 23.6 Å². The Kier molecular flexibility index (Phi) is 3.47. The van der Waals surface area contributed by atoms with Crippen LogP contribution in [0.4, 0.5) is 10.7 Å². The van der Waals surface area contributed by atoms with Crippen molar-refractivity contribution in [1.29, 1.82) is 0 Å². The number of para-hydroxylation sites is 1. The summed E-state index contributed by atoms with van der Waals surface area (Å²) in [5.41, 5.74) is 2.17. The van der Waals surface area contributed by atoms with Gasteiger partial charge in [-0.25, -0.2) is 4.79 Å². The van der Waals surface area contributed by atoms with Gasteiger partial charge in [0.2, 0.25) is 5.95 Å². The van der Waals surface area contributed by atoms with Gasteiger partial charge in [0.15, 0.2) is 0 Å². The van der Waals surface area contributed by atoms with Gasteiger partial charge < -0.3 is 10.1 Å². The maximum atomic E-state index is 11.9. The van der Waals surface area contributed by atoms with E-state index in [1.807, 2.05) is 25.1 Å². The van der Waals surface area contributed by atoms with Crippen LogP contribution in [0.2, 0.25) is 0 Å². The van der Waals surface area contributed by atoms with Gasteiger partial charge in [0.05, 0.1) is 6.61 Å². The molecule has 2 amide bonds. The molecule has 0 saturated heterocycles. The minimum atomic E-state index is -0.337. The highest BCUT2D eigenvalue weighted by atomic mass is 16.5. The molecule has 2 aromatic rings. The van der Waals surface area contributed by atoms with Crippen molar-refractivity contribution in [1.82, 2.24) is 20.1 Å². The first-order valence-electron chi connectivity index (χ1n) is 6.79. The van der Waals surface area contributed by atoms with Crippen LogP contribution in [0.1, 0.15) is 17.0 Å². The van der Waals surface area contributed by atoms with Crippen molar-refractivity contribution in [2.75, 3.05) is 11.9 Å². The van der Waals surface area contributed by atoms with Gasteiger partial charge in [0.25, 0.3) is 0 Å². The third kappa shape index (κ3) is 2.81. The average Bonchev–Trinajstić information content (AvgIpc) is 3.04. The lowest BCUT2D eigenvalue weighted by Gasteiger charge is -2.09. The maximum absolute atomic E-state index is 11.9. The number of aryl methyl sites for hydroxylation is 2. The summed E-state index contributed by atoms with van der Waals surface area (Å²) >= 11 is 0. The normalized spacial score (nSPS) is 12.7. The Morgan fingerprint density at radius 2 is 2.33 bits per heavy atom. The highest BCUT2D eigenvalue weighted by Crippen LogP contribution is 2.29. The zero-order chi connectivity index (χ0) is 14.8. The van der Waals surface area contributed by atoms with E-state index in [2.05, 4.69) is 20.7 Å². The molecule has 7 heteroatoms. The minimum Gasteiger partial charge on any atom is -0.493 e. The summed E-state index contributed by atoms with van der Waals surface area (Å²) in [4.78, 5) is 16.0. The third-order valence-electron chi connectivity index (χ3n) is 3.44. The first kappa shape index (κ1) is 13.4. The van der Waals surface area contributed by atoms with E-state index < -0.39 is 0 Å². The molecular formula is C14H17N5O2. The molecule has 0 aliphatic carbocycles. The fourth-order valence-corrected chi connectivity index (χ4v) is 2.26. The first-order chi connectivity index (χ1) is 10.1. The first-order valence-corrected chi connectivity index (χ1v) is 6.79. The maximum Gasteiger partial charge on any atom is 0.321 e. The predicted octanol–water partition coefficient (Wildman–Crippen LogP) is 1.38. The summed E-state index contributed by atoms with van der Waals surface area (Å²) in [5, 5.41) is 9.47. The van der Waals surface area contributed by atoms with E-state index in [0.29, 0.717) is 19.1 Å². The second kappa shape index (κ2) is 5.43. The number of nitrogens with zero attached hydrogens (tertiary/aromatic N) is 3. The molecule has 7 nitrogen and oxygen atoms in total. The highest BCUT2D eigenvalue weighted by Gasteiger charge is 2.16. The van der Waals surface area contributed by atoms with Crippen molar-refractivity contribution in [2.24, 2.45) is 7.05 Å². The fourth-order valence-electron chi connectivity index (χ4n) is 2.26. The van der Waals surface area contributed by atoms with E-state index in [4.69, 9.17) is 4.74 Å². The number of ether oxygens (including phenoxy) is 1. The molecule has 0 spiro atoms. The molecule has 0 bridgehead atoms. The third-order valence-corrected chi connectivity index (χ3v) is 3.44. The molecule has 2 heterocycles. The number of hydrogen-bond donors (Lipinski definition) is 2. The van der Waals surface area contributed by atoms with Crippen LogP contribution in [0, 0.1) is 6.92 Å². The monoisotopic (exact) mass is 287 g/mol. The second-order valence-electron chi connectivity index (χ2n) is 4.92. The number of carbonyl (C=O) groups excluding carboxylic acids is 1. The SMILES string of the molecule is Cc1nc(NC(=O)NCc2cccc3c2OCC3)nn1C. The number of hydrogen-bond acceptors (Lipinski definition) is 4. The quantitative estimate of drug-likeness (QED) is 0.893. The van der Waals surface area contributed by atoms with Crippen molar-refractivity contribution in [2.45, 2.75) is 19.9 Å². The standard InChI is InChI=1S/C14H17N5O2/c1-9-16-13(18-19(9)2)17-14(20)15-8-11-5-3-4-10-6-7-21-12(10)11/h3-5H,6-8H2,1-2H3,(H2,15,17,18,20). The fraction of sp³-hybridized carbons (Fsp3) is 0.357. The molecule has 1 aliphatic rings. The lowest BCUT2D eigenvalue weighted by molar-refractivity contribution is 0.251. The van der Waals surface area contributed by atoms with Crippen LogP contribution in [0.25, 0.3) is 0 Å². The number of nitrogens with one attached hydrogen (secondary N) is 2. The zero-order valence-corrected chi connectivity index (χ0v) is 12.0. The molecule has 2 N–H and O–H groups in total. The number of anilines is 1. The van der Waals surface area contributed by atoms with Gasteiger partial charge in [-0.05, 0) is 12.5 Å². The number of fused-ring (bicyclic) bond motifs is 1. The van der Waals surface area contributed by atoms with Crippen molar-refractivity contribution in [3.05, 3.63) is 35.2 Å². The summed E-state index contributed by atoms with van der Waals surface area (Å²) in [6, 6.07) is 5.64. The lowest BCUT2D eigenvalue weighted by atomic mass is 10.1. The van der Waals surface area contributed by atoms with Crippen LogP contribution in [0.3, 0.4) is 0 Å². The Morgan fingerprint density at radius 3 is 3.10 bits per heavy atom. The molecule has 0 fully saturated rings. The molecule has 0 saturated carbocycles. The van der Waals surface area contributed by atoms with E-state index in [9.17, 15) is 4.79 Å². The van der Waals surface area contributed by atoms with E-state index in [-0.39, 0.29) is 6.03 Å². The van der Waals surface area contributed by atoms with Crippen molar-refractivity contribution in [3.63, 3.8) is 0 Å². The van der Waals surface area contributed by atoms with Crippen LogP contribution in [-0.2, 0) is 20.0 Å². The van der Waals surface area contributed by atoms with Gasteiger partial charge in [-0.1, -0.05) is 18.2 Å². The summed E-state index contributed by atoms with van der Waals surface area (Å²) in [6.45, 7) is 2.93. The molecule has 21 heavy (non-hydrogen) atoms. The van der Waals surface area contributed by atoms with Gasteiger partial charge in [0.1, 0.15) is 11.6 Å². The number of benzene rings is 1. The van der Waals surface area contributed by atoms with Crippen LogP contribution in [0.15, 0.2) is 18.2 Å². The molecule has 0 unspecified atom stereocenters. The molecule has 1 aromatic carbocycles. The Hall–Kier alpha value is -2.57. The molecule has 1 aromatic heterocycles. The van der Waals surface area contributed by atoms with Gasteiger partial charge in [-0.3, -0.25) is 10.00 Å². The van der Waals surface area contributed by atoms with Crippen molar-refractivity contribution in [3.8, 4) is 5.75 Å². The predicted molar refractivity (Wildman–Crippen MR) is 77.2 cm³/mol. The van der Waals surface area contributed by atoms with Crippen molar-refractivity contribution >= 4 is 12.0 Å². The summed E-state index contributed by atoms with van der Waals surface area (Å²) in [7, 11) is 1.77. The molecule has 1 aliphatic heterocycles. The van der Waals surface area contributed by atoms with Gasteiger partial charge in [0, 0.05) is 25.6 Å². The molecule has 0 atom stereocenters. The second-order valence-corrected chi connectivity index (χ2v) is 4.92. The Labute approximate surface area is 122 Å². The average molecular weight is 287 g/mol. The van der Waals surface area contributed by atoms with Crippen molar-refractivity contribution < 1.29 is 9.53 Å². The van der Waals surface area contributed by atoms with E-state index in [1.54, 1.807) is 11.7 Å². The van der Waals surface area contributed by atoms with Crippen LogP contribution in [-0.4, -0.2) is 27.4 Å². The van der Waals surface area contributed by atoms with Crippen LogP contribution in [0.5, 0.6) is 5.75 Å². The minimum absolute atomic E-state index is 0.294. The number of amides is 2. The number of aromatic nitrogens is 3. The highest BCUT2D eigenvalue weighted by molar-refractivity contribution is 5.87. The summed E-state index contributed by atoms with van der Waals surface area (Å²) in [6.07, 6.45) is 0.923. The van der Waals surface area contributed by atoms with Crippen LogP contribution >= 0.6 is 0 Å². The molecule has 3 rings (SSSR count). The van der Waals surface area contributed by atoms with Gasteiger partial charge >= 0.3 is 6.03 Å². The number of carbonyl (C=O) groups is 1. The zero-order valence-electron chi connectivity index (χ0n) is 12.0. The van der Waals surface area contributed by atoms with E-state index in [1.165, 1.54) is 5.56 Å². The molecular weight excluding hydrogens is 270 g/mol. The smallest absolute Gasteiger partial charge is 0.321 e. The topological polar surface area (TPSA) is 81.1 Å². The van der Waals surface area contributed by atoms with E-state index >= 15 is 0 Å². The Balaban J connectivity index is 1.60. The Bertz CT molecular complexity index is 660. The summed E-state index contributed by atoms with van der Waals surface area (Å²) < 4.78 is 7.20. The molecule has 110 valence electrons. The number of urea groups is 1. The van der Waals surface area contributed by atoms with Gasteiger partial charge in [-0.2, -0.15) is 4.98 Å². The number of rotatable bonds is 3.